The number of benzene rings is 1. The van der Waals surface area contributed by atoms with Crippen molar-refractivity contribution in [2.45, 2.75) is 51.7 Å². The van der Waals surface area contributed by atoms with Crippen LogP contribution in [-0.4, -0.2) is 17.9 Å². The summed E-state index contributed by atoms with van der Waals surface area (Å²) < 4.78 is 5.22. The Balaban J connectivity index is 1.76. The first-order valence-electron chi connectivity index (χ1n) is 7.69. The molecule has 0 heterocycles. The molecule has 1 aromatic rings. The van der Waals surface area contributed by atoms with Gasteiger partial charge in [-0.2, -0.15) is 0 Å². The molecule has 4 heteroatoms. The monoisotopic (exact) mass is 289 g/mol. The van der Waals surface area contributed by atoms with Crippen molar-refractivity contribution in [2.24, 2.45) is 5.92 Å². The molecule has 0 spiro atoms. The van der Waals surface area contributed by atoms with Crippen molar-refractivity contribution in [3.05, 3.63) is 35.9 Å². The van der Waals surface area contributed by atoms with E-state index >= 15 is 0 Å². The van der Waals surface area contributed by atoms with E-state index in [1.165, 1.54) is 0 Å². The zero-order valence-corrected chi connectivity index (χ0v) is 12.5. The smallest absolute Gasteiger partial charge is 0.407 e. The second-order valence-electron chi connectivity index (χ2n) is 5.63. The van der Waals surface area contributed by atoms with Gasteiger partial charge in [0.25, 0.3) is 0 Å². The minimum absolute atomic E-state index is 0.0579. The molecule has 1 fully saturated rings. The van der Waals surface area contributed by atoms with Gasteiger partial charge in [-0.3, -0.25) is 4.79 Å². The first-order chi connectivity index (χ1) is 10.2. The lowest BCUT2D eigenvalue weighted by Gasteiger charge is -2.28. The van der Waals surface area contributed by atoms with E-state index in [9.17, 15) is 9.59 Å². The predicted molar refractivity (Wildman–Crippen MR) is 80.8 cm³/mol. The zero-order valence-electron chi connectivity index (χ0n) is 12.5. The third-order valence-corrected chi connectivity index (χ3v) is 3.94. The fourth-order valence-corrected chi connectivity index (χ4v) is 2.80. The number of nitrogens with one attached hydrogen (secondary N) is 1. The van der Waals surface area contributed by atoms with Crippen LogP contribution in [0.15, 0.2) is 30.3 Å². The molecule has 2 rings (SSSR count). The van der Waals surface area contributed by atoms with Crippen LogP contribution >= 0.6 is 0 Å². The summed E-state index contributed by atoms with van der Waals surface area (Å²) in [6.45, 7) is 2.36. The quantitative estimate of drug-likeness (QED) is 0.903. The normalized spacial score (nSPS) is 21.9. The fourth-order valence-electron chi connectivity index (χ4n) is 2.80. The van der Waals surface area contributed by atoms with Crippen molar-refractivity contribution in [3.8, 4) is 0 Å². The molecule has 1 aliphatic rings. The van der Waals surface area contributed by atoms with Crippen LogP contribution in [0, 0.1) is 5.92 Å². The van der Waals surface area contributed by atoms with Crippen LogP contribution in [-0.2, 0) is 16.1 Å². The van der Waals surface area contributed by atoms with Crippen molar-refractivity contribution >= 4 is 11.9 Å². The predicted octanol–water partition coefficient (Wildman–Crippen LogP) is 3.45. The van der Waals surface area contributed by atoms with Crippen LogP contribution < -0.4 is 5.32 Å². The van der Waals surface area contributed by atoms with Crippen LogP contribution in [0.1, 0.15) is 44.6 Å². The van der Waals surface area contributed by atoms with Crippen LogP contribution in [0.5, 0.6) is 0 Å². The zero-order chi connectivity index (χ0) is 15.1. The summed E-state index contributed by atoms with van der Waals surface area (Å²) in [5, 5.41) is 2.88. The van der Waals surface area contributed by atoms with Crippen molar-refractivity contribution < 1.29 is 14.3 Å². The van der Waals surface area contributed by atoms with E-state index in [2.05, 4.69) is 12.2 Å². The highest BCUT2D eigenvalue weighted by Crippen LogP contribution is 2.25. The molecule has 1 aromatic carbocycles. The maximum Gasteiger partial charge on any atom is 0.407 e. The number of ether oxygens (including phenoxy) is 1. The van der Waals surface area contributed by atoms with Gasteiger partial charge in [0.1, 0.15) is 12.4 Å². The van der Waals surface area contributed by atoms with Gasteiger partial charge in [0.2, 0.25) is 0 Å². The van der Waals surface area contributed by atoms with E-state index in [0.29, 0.717) is 12.2 Å². The van der Waals surface area contributed by atoms with Gasteiger partial charge in [-0.25, -0.2) is 4.79 Å². The molecule has 0 aliphatic heterocycles. The molecule has 0 radical (unpaired) electrons. The Bertz CT molecular complexity index is 472. The SMILES string of the molecule is CCC[C@@H]1CC(NC(=O)OCc2ccccc2)CCC1=O. The van der Waals surface area contributed by atoms with E-state index in [4.69, 9.17) is 4.74 Å². The molecule has 21 heavy (non-hydrogen) atoms. The summed E-state index contributed by atoms with van der Waals surface area (Å²) in [4.78, 5) is 23.6. The summed E-state index contributed by atoms with van der Waals surface area (Å²) in [5.41, 5.74) is 0.968. The number of hydrogen-bond donors (Lipinski definition) is 1. The molecule has 0 saturated heterocycles. The molecule has 1 saturated carbocycles. The third-order valence-electron chi connectivity index (χ3n) is 3.94. The standard InChI is InChI=1S/C17H23NO3/c1-2-6-14-11-15(9-10-16(14)19)18-17(20)21-12-13-7-4-3-5-8-13/h3-5,7-8,14-15H,2,6,9-12H2,1H3,(H,18,20)/t14-,15?/m1/s1. The van der Waals surface area contributed by atoms with Crippen LogP contribution in [0.4, 0.5) is 4.79 Å². The fraction of sp³-hybridized carbons (Fsp3) is 0.529. The average molecular weight is 289 g/mol. The van der Waals surface area contributed by atoms with E-state index < -0.39 is 6.09 Å². The number of carbonyl (C=O) groups is 2. The lowest BCUT2D eigenvalue weighted by Crippen LogP contribution is -2.41. The van der Waals surface area contributed by atoms with Gasteiger partial charge in [0.05, 0.1) is 0 Å². The van der Waals surface area contributed by atoms with E-state index in [1.54, 1.807) is 0 Å². The molecule has 114 valence electrons. The molecular formula is C17H23NO3. The summed E-state index contributed by atoms with van der Waals surface area (Å²) in [6.07, 6.45) is 3.55. The number of alkyl carbamates (subject to hydrolysis) is 1. The second kappa shape index (κ2) is 7.81. The van der Waals surface area contributed by atoms with Crippen molar-refractivity contribution in [2.75, 3.05) is 0 Å². The van der Waals surface area contributed by atoms with Gasteiger partial charge in [-0.15, -0.1) is 0 Å². The highest BCUT2D eigenvalue weighted by Gasteiger charge is 2.29. The summed E-state index contributed by atoms with van der Waals surface area (Å²) in [5.74, 6) is 0.440. The van der Waals surface area contributed by atoms with Crippen LogP contribution in [0.3, 0.4) is 0 Å². The lowest BCUT2D eigenvalue weighted by atomic mass is 9.82. The molecule has 4 nitrogen and oxygen atoms in total. The number of amides is 1. The van der Waals surface area contributed by atoms with E-state index in [0.717, 1.165) is 31.2 Å². The van der Waals surface area contributed by atoms with Gasteiger partial charge in [-0.1, -0.05) is 43.7 Å². The minimum atomic E-state index is -0.395. The number of carbonyl (C=O) groups excluding carboxylic acids is 2. The number of Topliss-reactive ketones (excluding diaryl/α,β-unsaturated/α-hetero) is 1. The number of hydrogen-bond acceptors (Lipinski definition) is 3. The lowest BCUT2D eigenvalue weighted by molar-refractivity contribution is -0.125. The summed E-state index contributed by atoms with van der Waals surface area (Å²) >= 11 is 0. The molecule has 1 unspecified atom stereocenters. The molecule has 1 amide bonds. The topological polar surface area (TPSA) is 55.4 Å². The molecular weight excluding hydrogens is 266 g/mol. The van der Waals surface area contributed by atoms with Gasteiger partial charge in [-0.05, 0) is 24.8 Å². The van der Waals surface area contributed by atoms with Crippen molar-refractivity contribution in [1.29, 1.82) is 0 Å². The minimum Gasteiger partial charge on any atom is -0.445 e. The van der Waals surface area contributed by atoms with Crippen molar-refractivity contribution in [1.82, 2.24) is 5.32 Å². The Morgan fingerprint density at radius 2 is 2.10 bits per heavy atom. The van der Waals surface area contributed by atoms with Gasteiger partial charge >= 0.3 is 6.09 Å². The Labute approximate surface area is 125 Å². The number of rotatable bonds is 5. The molecule has 0 aromatic heterocycles. The van der Waals surface area contributed by atoms with E-state index in [1.807, 2.05) is 30.3 Å². The third kappa shape index (κ3) is 4.88. The average Bonchev–Trinajstić information content (AvgIpc) is 2.50. The van der Waals surface area contributed by atoms with Gasteiger partial charge < -0.3 is 10.1 Å². The highest BCUT2D eigenvalue weighted by molar-refractivity contribution is 5.82. The van der Waals surface area contributed by atoms with Gasteiger partial charge in [0, 0.05) is 18.4 Å². The Morgan fingerprint density at radius 1 is 1.33 bits per heavy atom. The maximum atomic E-state index is 11.8. The van der Waals surface area contributed by atoms with Crippen LogP contribution in [0.2, 0.25) is 0 Å². The van der Waals surface area contributed by atoms with E-state index in [-0.39, 0.29) is 18.6 Å². The van der Waals surface area contributed by atoms with Crippen molar-refractivity contribution in [3.63, 3.8) is 0 Å². The Hall–Kier alpha value is -1.84. The first kappa shape index (κ1) is 15.5. The summed E-state index contributed by atoms with van der Waals surface area (Å²) in [6, 6.07) is 9.66. The van der Waals surface area contributed by atoms with Gasteiger partial charge in [0.15, 0.2) is 0 Å². The largest absolute Gasteiger partial charge is 0.445 e. The summed E-state index contributed by atoms with van der Waals surface area (Å²) in [7, 11) is 0. The first-order valence-corrected chi connectivity index (χ1v) is 7.69. The molecule has 1 N–H and O–H groups in total. The maximum absolute atomic E-state index is 11.8. The Kier molecular flexibility index (Phi) is 5.78. The molecule has 0 bridgehead atoms. The van der Waals surface area contributed by atoms with Crippen LogP contribution in [0.25, 0.3) is 0 Å². The highest BCUT2D eigenvalue weighted by atomic mass is 16.5. The number of ketones is 1. The Morgan fingerprint density at radius 3 is 2.81 bits per heavy atom. The molecule has 2 atom stereocenters. The second-order valence-corrected chi connectivity index (χ2v) is 5.63. The molecule has 1 aliphatic carbocycles.